The van der Waals surface area contributed by atoms with Crippen LogP contribution in [0.15, 0.2) is 11.8 Å². The van der Waals surface area contributed by atoms with E-state index < -0.39 is 151 Å². The van der Waals surface area contributed by atoms with Gasteiger partial charge >= 0.3 is 24.4 Å². The van der Waals surface area contributed by atoms with E-state index in [0.717, 1.165) is 4.90 Å². The Hall–Kier alpha value is -4.84. The Balaban J connectivity index is 2.13. The Kier molecular flexibility index (Phi) is 23.8. The summed E-state index contributed by atoms with van der Waals surface area (Å²) >= 11 is 0. The molecule has 0 unspecified atom stereocenters. The molecule has 0 spiro atoms. The fourth-order valence-corrected chi connectivity index (χ4v) is 8.14. The van der Waals surface area contributed by atoms with Crippen molar-refractivity contribution in [1.82, 2.24) is 36.8 Å². The zero-order valence-corrected chi connectivity index (χ0v) is 46.4. The van der Waals surface area contributed by atoms with Crippen molar-refractivity contribution in [3.63, 3.8) is 0 Å². The molecule has 1 saturated carbocycles. The summed E-state index contributed by atoms with van der Waals surface area (Å²) in [7, 11) is 1.28. The monoisotopic (exact) mass is 1090 g/mol. The van der Waals surface area contributed by atoms with Crippen LogP contribution in [0.2, 0.25) is 0 Å². The number of carbonyl (C=O) groups excluding carboxylic acids is 6. The van der Waals surface area contributed by atoms with Gasteiger partial charge in [0.2, 0.25) is 18.1 Å². The molecule has 27 nitrogen and oxygen atoms in total. The molecule has 13 atom stereocenters. The van der Waals surface area contributed by atoms with Crippen molar-refractivity contribution in [1.29, 1.82) is 0 Å². The Morgan fingerprint density at radius 2 is 1.14 bits per heavy atom. The van der Waals surface area contributed by atoms with E-state index in [1.165, 1.54) is 14.0 Å². The van der Waals surface area contributed by atoms with E-state index >= 15 is 0 Å². The predicted molar refractivity (Wildman–Crippen MR) is 269 cm³/mol. The molecule has 3 rings (SSSR count). The second-order valence-electron chi connectivity index (χ2n) is 23.2. The first-order valence-corrected chi connectivity index (χ1v) is 25.4. The number of rotatable bonds is 20. The highest BCUT2D eigenvalue weighted by atomic mass is 16.7. The highest BCUT2D eigenvalue weighted by Crippen LogP contribution is 2.35. The van der Waals surface area contributed by atoms with Crippen LogP contribution >= 0.6 is 0 Å². The van der Waals surface area contributed by atoms with E-state index in [4.69, 9.17) is 37.9 Å². The zero-order chi connectivity index (χ0) is 57.7. The van der Waals surface area contributed by atoms with Crippen LogP contribution in [0.4, 0.5) is 19.2 Å². The molecule has 0 aromatic rings. The Morgan fingerprint density at radius 3 is 1.61 bits per heavy atom. The van der Waals surface area contributed by atoms with Crippen molar-refractivity contribution in [2.75, 3.05) is 46.4 Å². The molecule has 0 aromatic heterocycles. The molecule has 27 heteroatoms. The third kappa shape index (κ3) is 21.9. The summed E-state index contributed by atoms with van der Waals surface area (Å²) in [6, 6.07) is -5.38. The lowest BCUT2D eigenvalue weighted by atomic mass is 9.82. The van der Waals surface area contributed by atoms with E-state index in [0.29, 0.717) is 5.76 Å². The summed E-state index contributed by atoms with van der Waals surface area (Å²) in [4.78, 5) is 80.1. The minimum absolute atomic E-state index is 0.0666. The maximum Gasteiger partial charge on any atom is 0.410 e. The van der Waals surface area contributed by atoms with Gasteiger partial charge in [-0.05, 0) is 122 Å². The number of carbonyl (C=O) groups is 6. The molecule has 1 saturated heterocycles. The second-order valence-corrected chi connectivity index (χ2v) is 23.2. The molecular weight excluding hydrogens is 1010 g/mol. The summed E-state index contributed by atoms with van der Waals surface area (Å²) < 4.78 is 46.5. The van der Waals surface area contributed by atoms with Crippen LogP contribution in [0.3, 0.4) is 0 Å². The molecule has 0 radical (unpaired) electrons. The van der Waals surface area contributed by atoms with Gasteiger partial charge in [-0.3, -0.25) is 9.59 Å². The number of ether oxygens (including phenoxy) is 8. The summed E-state index contributed by atoms with van der Waals surface area (Å²) in [6.07, 6.45) is -17.0. The van der Waals surface area contributed by atoms with Gasteiger partial charge in [0.25, 0.3) is 0 Å². The smallest absolute Gasteiger partial charge is 0.410 e. The van der Waals surface area contributed by atoms with Crippen LogP contribution in [-0.2, 0) is 47.5 Å². The normalized spacial score (nSPS) is 28.0. The number of hydrogen-bond donors (Lipinski definition) is 12. The molecule has 2 aliphatic heterocycles. The molecule has 438 valence electrons. The third-order valence-corrected chi connectivity index (χ3v) is 11.4. The number of aliphatic hydroxyl groups is 6. The average molecular weight is 1090 g/mol. The third-order valence-electron chi connectivity index (χ3n) is 11.4. The maximum absolute atomic E-state index is 13.9. The molecule has 1 aliphatic carbocycles. The molecule has 0 aromatic carbocycles. The van der Waals surface area contributed by atoms with Crippen LogP contribution in [0.5, 0.6) is 0 Å². The first-order valence-electron chi connectivity index (χ1n) is 25.4. The van der Waals surface area contributed by atoms with E-state index in [9.17, 15) is 59.4 Å². The van der Waals surface area contributed by atoms with Crippen molar-refractivity contribution < 1.29 is 97.3 Å². The SMILES string of the molecule is CN(C(=O)OC(C)(C)C)[C@@H]1[C@@H](O)[C@@H](O[C@@H]2[C@@H](O)[C@H](O[C@H]3OC(CNCCO)=CC[C@H]3NC(=O)OC(C)(C)C)[C@@H](NC(=O)[C@@H](O)CCNC(=O)OC(C)(C)C)C[C@H]2NC(=O)[C@@H](O)CCNC(=O)OC(C)(C)C)OC[C@]1(C)O. The van der Waals surface area contributed by atoms with Gasteiger partial charge in [0.1, 0.15) is 70.4 Å². The van der Waals surface area contributed by atoms with Crippen molar-refractivity contribution in [2.45, 2.75) is 217 Å². The van der Waals surface area contributed by atoms with Gasteiger partial charge in [-0.15, -0.1) is 0 Å². The largest absolute Gasteiger partial charge is 0.466 e. The Labute approximate surface area is 444 Å². The van der Waals surface area contributed by atoms with Crippen LogP contribution in [0.1, 0.15) is 116 Å². The molecule has 2 fully saturated rings. The van der Waals surface area contributed by atoms with E-state index in [2.05, 4.69) is 31.9 Å². The molecule has 12 N–H and O–H groups in total. The van der Waals surface area contributed by atoms with Crippen molar-refractivity contribution in [3.8, 4) is 0 Å². The quantitative estimate of drug-likeness (QED) is 0.0557. The van der Waals surface area contributed by atoms with Crippen molar-refractivity contribution in [2.24, 2.45) is 0 Å². The predicted octanol–water partition coefficient (Wildman–Crippen LogP) is -0.148. The Morgan fingerprint density at radius 1 is 0.684 bits per heavy atom. The number of hydrogen-bond acceptors (Lipinski definition) is 21. The van der Waals surface area contributed by atoms with Gasteiger partial charge in [0.15, 0.2) is 6.29 Å². The Bertz CT molecular complexity index is 1970. The minimum Gasteiger partial charge on any atom is -0.466 e. The maximum atomic E-state index is 13.9. The summed E-state index contributed by atoms with van der Waals surface area (Å²) in [5.41, 5.74) is -5.52. The first-order chi connectivity index (χ1) is 34.9. The summed E-state index contributed by atoms with van der Waals surface area (Å²) in [5, 5.41) is 83.7. The highest BCUT2D eigenvalue weighted by Gasteiger charge is 2.55. The number of aliphatic hydroxyl groups excluding tert-OH is 5. The van der Waals surface area contributed by atoms with E-state index in [1.807, 2.05) is 0 Å². The number of amides is 6. The van der Waals surface area contributed by atoms with Gasteiger partial charge < -0.3 is 105 Å². The minimum atomic E-state index is -2.01. The first kappa shape index (κ1) is 65.4. The number of likely N-dealkylation sites (N-methyl/N-ethyl adjacent to an activating group) is 1. The van der Waals surface area contributed by atoms with Crippen LogP contribution in [-0.4, -0.2) is 220 Å². The number of nitrogens with zero attached hydrogens (tertiary/aromatic N) is 1. The lowest BCUT2D eigenvalue weighted by Gasteiger charge is -2.50. The fraction of sp³-hybridized carbons (Fsp3) is 0.837. The van der Waals surface area contributed by atoms with Crippen LogP contribution < -0.4 is 31.9 Å². The fourth-order valence-electron chi connectivity index (χ4n) is 8.14. The number of nitrogens with one attached hydrogen (secondary N) is 6. The molecular formula is C49H87N7O20. The van der Waals surface area contributed by atoms with Gasteiger partial charge in [-0.1, -0.05) is 0 Å². The van der Waals surface area contributed by atoms with Crippen molar-refractivity contribution in [3.05, 3.63) is 11.8 Å². The average Bonchev–Trinajstić information content (AvgIpc) is 3.25. The zero-order valence-electron chi connectivity index (χ0n) is 46.4. The van der Waals surface area contributed by atoms with Crippen LogP contribution in [0, 0.1) is 0 Å². The standard InChI is InChI=1S/C49H87N7O20/c1-45(2,3)73-41(64)51-19-17-30(58)37(62)53-28-23-29(54-38(63)31(59)18-20-52-42(65)74-46(4,5)6)35(72-40-33(61)36(49(13,68)25-69-40)56(14)44(67)76-48(10,11)12)32(60)34(28)71-39-27(55-43(66)75-47(7,8)9)16-15-26(70-39)24-50-21-22-57/h15,27-36,39-40,50,57-61,68H,16-25H2,1-14H3,(H,51,64)(H,52,65)(H,53,62)(H,54,63)(H,55,66)/t27-,28+,29-,30+,31+,32+,33-,34-,35+,36-,39-,40-,49+/m1/s1. The lowest BCUT2D eigenvalue weighted by molar-refractivity contribution is -0.311. The van der Waals surface area contributed by atoms with Gasteiger partial charge in [0, 0.05) is 26.7 Å². The number of alkyl carbamates (subject to hydrolysis) is 3. The van der Waals surface area contributed by atoms with Gasteiger partial charge in [-0.25, -0.2) is 19.2 Å². The molecule has 0 bridgehead atoms. The van der Waals surface area contributed by atoms with Gasteiger partial charge in [-0.2, -0.15) is 0 Å². The molecule has 6 amide bonds. The topological polar surface area (TPSA) is 373 Å². The van der Waals surface area contributed by atoms with E-state index in [-0.39, 0.29) is 52.0 Å². The van der Waals surface area contributed by atoms with Crippen molar-refractivity contribution >= 4 is 36.2 Å². The lowest BCUT2D eigenvalue weighted by Crippen LogP contribution is -2.71. The molecule has 76 heavy (non-hydrogen) atoms. The second kappa shape index (κ2) is 27.7. The summed E-state index contributed by atoms with van der Waals surface area (Å²) in [5.74, 6) is -1.79. The molecule has 3 aliphatic rings. The van der Waals surface area contributed by atoms with Gasteiger partial charge in [0.05, 0.1) is 43.9 Å². The van der Waals surface area contributed by atoms with Crippen LogP contribution in [0.25, 0.3) is 0 Å². The van der Waals surface area contributed by atoms with E-state index in [1.54, 1.807) is 89.2 Å². The summed E-state index contributed by atoms with van der Waals surface area (Å²) in [6.45, 7) is 20.1. The highest BCUT2D eigenvalue weighted by molar-refractivity contribution is 5.82. The molecule has 2 heterocycles.